The van der Waals surface area contributed by atoms with Crippen LogP contribution in [-0.2, 0) is 19.1 Å². The van der Waals surface area contributed by atoms with Crippen LogP contribution in [0.25, 0.3) is 0 Å². The molecule has 2 N–H and O–H groups in total. The molecule has 6 heteroatoms. The third kappa shape index (κ3) is 14.5. The molecule has 0 aliphatic carbocycles. The van der Waals surface area contributed by atoms with Gasteiger partial charge in [-0.05, 0) is 6.42 Å². The zero-order valence-electron chi connectivity index (χ0n) is 15.8. The highest BCUT2D eigenvalue weighted by molar-refractivity contribution is 5.86. The number of ether oxygens (including phenoxy) is 1. The number of unbranched alkanes of at least 4 members (excludes halogenated alkanes) is 9. The number of carbonyl (C=O) groups excluding carboxylic acids is 2. The average molecular weight is 357 g/mol. The van der Waals surface area contributed by atoms with E-state index in [1.54, 1.807) is 0 Å². The predicted molar refractivity (Wildman–Crippen MR) is 97.3 cm³/mol. The molecule has 0 rings (SSSR count). The number of hydrogen-bond donors (Lipinski definition) is 2. The number of aliphatic carboxylic acids is 1. The van der Waals surface area contributed by atoms with Gasteiger partial charge in [0.25, 0.3) is 0 Å². The topological polar surface area (TPSA) is 92.7 Å². The largest absolute Gasteiger partial charge is 0.481 e. The highest BCUT2D eigenvalue weighted by Crippen LogP contribution is 2.12. The highest BCUT2D eigenvalue weighted by atomic mass is 16.5. The van der Waals surface area contributed by atoms with Gasteiger partial charge in [0.2, 0.25) is 5.91 Å². The lowest BCUT2D eigenvalue weighted by atomic mass is 10.0. The Kier molecular flexibility index (Phi) is 14.9. The summed E-state index contributed by atoms with van der Waals surface area (Å²) >= 11 is 0. The highest BCUT2D eigenvalue weighted by Gasteiger charge is 2.21. The second-order valence-electron chi connectivity index (χ2n) is 6.51. The van der Waals surface area contributed by atoms with Crippen LogP contribution >= 0.6 is 0 Å². The zero-order chi connectivity index (χ0) is 18.9. The number of carboxylic acid groups (broad SMARTS) is 1. The minimum atomic E-state index is -1.03. The molecule has 0 aromatic heterocycles. The van der Waals surface area contributed by atoms with E-state index in [4.69, 9.17) is 9.84 Å². The fourth-order valence-corrected chi connectivity index (χ4v) is 2.71. The normalized spacial score (nSPS) is 11.8. The molecule has 0 spiro atoms. The van der Waals surface area contributed by atoms with Crippen LogP contribution in [-0.4, -0.2) is 36.1 Å². The van der Waals surface area contributed by atoms with Gasteiger partial charge in [0.1, 0.15) is 6.04 Å². The van der Waals surface area contributed by atoms with Crippen LogP contribution in [0.1, 0.15) is 90.4 Å². The van der Waals surface area contributed by atoms with E-state index in [-0.39, 0.29) is 12.8 Å². The van der Waals surface area contributed by atoms with Crippen molar-refractivity contribution in [2.24, 2.45) is 0 Å². The number of methoxy groups -OCH3 is 1. The maximum absolute atomic E-state index is 11.7. The SMILES string of the molecule is CCCCCCCCCCCCC(NC(=O)CCC(=O)O)C(=O)OC. The Balaban J connectivity index is 3.84. The molecule has 0 aromatic rings. The van der Waals surface area contributed by atoms with Gasteiger partial charge in [-0.15, -0.1) is 0 Å². The molecule has 0 aliphatic rings. The maximum Gasteiger partial charge on any atom is 0.328 e. The Hall–Kier alpha value is -1.59. The second kappa shape index (κ2) is 15.9. The first-order chi connectivity index (χ1) is 12.0. The summed E-state index contributed by atoms with van der Waals surface area (Å²) in [7, 11) is 1.29. The number of esters is 1. The van der Waals surface area contributed by atoms with Crippen LogP contribution in [0.5, 0.6) is 0 Å². The van der Waals surface area contributed by atoms with Crippen molar-refractivity contribution in [3.05, 3.63) is 0 Å². The minimum Gasteiger partial charge on any atom is -0.481 e. The first-order valence-corrected chi connectivity index (χ1v) is 9.60. The lowest BCUT2D eigenvalue weighted by Gasteiger charge is -2.16. The quantitative estimate of drug-likeness (QED) is 0.323. The molecule has 1 unspecified atom stereocenters. The fourth-order valence-electron chi connectivity index (χ4n) is 2.71. The van der Waals surface area contributed by atoms with Crippen molar-refractivity contribution >= 4 is 17.8 Å². The lowest BCUT2D eigenvalue weighted by Crippen LogP contribution is -2.41. The monoisotopic (exact) mass is 357 g/mol. The van der Waals surface area contributed by atoms with Crippen LogP contribution in [0.2, 0.25) is 0 Å². The van der Waals surface area contributed by atoms with Gasteiger partial charge in [0.15, 0.2) is 0 Å². The van der Waals surface area contributed by atoms with E-state index >= 15 is 0 Å². The smallest absolute Gasteiger partial charge is 0.328 e. The molecule has 0 aliphatic heterocycles. The molecule has 25 heavy (non-hydrogen) atoms. The fraction of sp³-hybridized carbons (Fsp3) is 0.842. The van der Waals surface area contributed by atoms with E-state index in [0.717, 1.165) is 19.3 Å². The lowest BCUT2D eigenvalue weighted by molar-refractivity contribution is -0.145. The number of rotatable bonds is 16. The Bertz CT molecular complexity index is 384. The number of carbonyl (C=O) groups is 3. The Morgan fingerprint density at radius 3 is 1.88 bits per heavy atom. The molecule has 0 saturated heterocycles. The molecule has 1 amide bonds. The standard InChI is InChI=1S/C19H35NO5/c1-3-4-5-6-7-8-9-10-11-12-13-16(19(24)25-2)20-17(21)14-15-18(22)23/h16H,3-15H2,1-2H3,(H,20,21)(H,22,23). The van der Waals surface area contributed by atoms with E-state index < -0.39 is 23.9 Å². The first kappa shape index (κ1) is 23.4. The molecular weight excluding hydrogens is 322 g/mol. The van der Waals surface area contributed by atoms with Gasteiger partial charge in [0.05, 0.1) is 13.5 Å². The molecular formula is C19H35NO5. The van der Waals surface area contributed by atoms with E-state index in [1.165, 1.54) is 52.1 Å². The predicted octanol–water partition coefficient (Wildman–Crippen LogP) is 3.82. The molecule has 0 fully saturated rings. The third-order valence-electron chi connectivity index (χ3n) is 4.23. The van der Waals surface area contributed by atoms with Crippen molar-refractivity contribution in [2.75, 3.05) is 7.11 Å². The van der Waals surface area contributed by atoms with E-state index in [9.17, 15) is 14.4 Å². The van der Waals surface area contributed by atoms with Crippen molar-refractivity contribution < 1.29 is 24.2 Å². The maximum atomic E-state index is 11.7. The van der Waals surface area contributed by atoms with Crippen molar-refractivity contribution in [2.45, 2.75) is 96.4 Å². The van der Waals surface area contributed by atoms with E-state index in [0.29, 0.717) is 6.42 Å². The molecule has 0 saturated carbocycles. The molecule has 1 atom stereocenters. The van der Waals surface area contributed by atoms with Gasteiger partial charge in [-0.25, -0.2) is 4.79 Å². The van der Waals surface area contributed by atoms with Gasteiger partial charge < -0.3 is 15.2 Å². The van der Waals surface area contributed by atoms with Crippen LogP contribution in [0, 0.1) is 0 Å². The molecule has 0 aromatic carbocycles. The molecule has 6 nitrogen and oxygen atoms in total. The van der Waals surface area contributed by atoms with E-state index in [1.807, 2.05) is 0 Å². The summed E-state index contributed by atoms with van der Waals surface area (Å²) in [6.07, 6.45) is 12.2. The van der Waals surface area contributed by atoms with Gasteiger partial charge in [0, 0.05) is 6.42 Å². The molecule has 0 radical (unpaired) electrons. The van der Waals surface area contributed by atoms with Gasteiger partial charge in [-0.2, -0.15) is 0 Å². The minimum absolute atomic E-state index is 0.124. The summed E-state index contributed by atoms with van der Waals surface area (Å²) < 4.78 is 4.71. The van der Waals surface area contributed by atoms with Crippen LogP contribution in [0.15, 0.2) is 0 Å². The van der Waals surface area contributed by atoms with Gasteiger partial charge in [-0.3, -0.25) is 9.59 Å². The molecule has 0 bridgehead atoms. The number of amides is 1. The van der Waals surface area contributed by atoms with Crippen molar-refractivity contribution in [3.63, 3.8) is 0 Å². The Morgan fingerprint density at radius 2 is 1.40 bits per heavy atom. The summed E-state index contributed by atoms with van der Waals surface area (Å²) in [4.78, 5) is 33.9. The zero-order valence-corrected chi connectivity index (χ0v) is 15.8. The average Bonchev–Trinajstić information content (AvgIpc) is 2.59. The van der Waals surface area contributed by atoms with Crippen molar-refractivity contribution in [1.82, 2.24) is 5.32 Å². The number of hydrogen-bond acceptors (Lipinski definition) is 4. The van der Waals surface area contributed by atoms with Crippen LogP contribution in [0.3, 0.4) is 0 Å². The second-order valence-corrected chi connectivity index (χ2v) is 6.51. The van der Waals surface area contributed by atoms with Crippen LogP contribution in [0.4, 0.5) is 0 Å². The summed E-state index contributed by atoms with van der Waals surface area (Å²) in [5.74, 6) is -1.93. The first-order valence-electron chi connectivity index (χ1n) is 9.60. The summed E-state index contributed by atoms with van der Waals surface area (Å²) in [6, 6.07) is -0.680. The number of nitrogens with one attached hydrogen (secondary N) is 1. The number of carboxylic acids is 1. The van der Waals surface area contributed by atoms with Crippen molar-refractivity contribution in [3.8, 4) is 0 Å². The summed E-state index contributed by atoms with van der Waals surface area (Å²) in [5.41, 5.74) is 0. The molecule has 146 valence electrons. The van der Waals surface area contributed by atoms with Crippen molar-refractivity contribution in [1.29, 1.82) is 0 Å². The summed E-state index contributed by atoms with van der Waals surface area (Å²) in [6.45, 7) is 2.22. The summed E-state index contributed by atoms with van der Waals surface area (Å²) in [5, 5.41) is 11.2. The third-order valence-corrected chi connectivity index (χ3v) is 4.23. The van der Waals surface area contributed by atoms with Gasteiger partial charge in [-0.1, -0.05) is 71.1 Å². The van der Waals surface area contributed by atoms with E-state index in [2.05, 4.69) is 12.2 Å². The Labute approximate surface area is 151 Å². The molecule has 0 heterocycles. The van der Waals surface area contributed by atoms with Crippen LogP contribution < -0.4 is 5.32 Å². The van der Waals surface area contributed by atoms with Gasteiger partial charge >= 0.3 is 11.9 Å². The Morgan fingerprint density at radius 1 is 0.880 bits per heavy atom.